The van der Waals surface area contributed by atoms with Gasteiger partial charge in [0.05, 0.1) is 23.9 Å². The first-order chi connectivity index (χ1) is 9.01. The van der Waals surface area contributed by atoms with Crippen LogP contribution in [0.25, 0.3) is 0 Å². The van der Waals surface area contributed by atoms with Crippen LogP contribution < -0.4 is 4.74 Å². The molecular formula is C14H16FNO2S. The highest BCUT2D eigenvalue weighted by atomic mass is 32.1. The molecule has 1 N–H and O–H groups in total. The van der Waals surface area contributed by atoms with Gasteiger partial charge < -0.3 is 9.84 Å². The summed E-state index contributed by atoms with van der Waals surface area (Å²) in [7, 11) is 1.48. The maximum atomic E-state index is 13.8. The molecule has 1 aromatic heterocycles. The average molecular weight is 281 g/mol. The van der Waals surface area contributed by atoms with Crippen LogP contribution in [0.3, 0.4) is 0 Å². The predicted molar refractivity (Wildman–Crippen MR) is 73.2 cm³/mol. The Morgan fingerprint density at radius 3 is 2.68 bits per heavy atom. The van der Waals surface area contributed by atoms with Crippen LogP contribution in [0, 0.1) is 19.7 Å². The number of aliphatic hydroxyl groups is 1. The van der Waals surface area contributed by atoms with E-state index in [1.54, 1.807) is 12.1 Å². The second-order valence-electron chi connectivity index (χ2n) is 4.36. The van der Waals surface area contributed by atoms with Gasteiger partial charge in [0.25, 0.3) is 0 Å². The minimum absolute atomic E-state index is 0.270. The molecule has 2 aromatic rings. The molecular weight excluding hydrogens is 265 g/mol. The standard InChI is InChI=1S/C14H16FNO2S/c1-8-9(2)19-14(16-8)7-13(17)11-5-4-10(18-3)6-12(11)15/h4-6,13,17H,7H2,1-3H3. The molecule has 102 valence electrons. The van der Waals surface area contributed by atoms with Gasteiger partial charge in [-0.3, -0.25) is 0 Å². The van der Waals surface area contributed by atoms with E-state index in [9.17, 15) is 9.50 Å². The molecule has 0 aliphatic carbocycles. The Hall–Kier alpha value is -1.46. The third kappa shape index (κ3) is 3.11. The number of rotatable bonds is 4. The number of aryl methyl sites for hydroxylation is 2. The van der Waals surface area contributed by atoms with E-state index in [-0.39, 0.29) is 5.56 Å². The van der Waals surface area contributed by atoms with Crippen molar-refractivity contribution >= 4 is 11.3 Å². The lowest BCUT2D eigenvalue weighted by molar-refractivity contribution is 0.173. The zero-order valence-corrected chi connectivity index (χ0v) is 11.9. The number of hydrogen-bond donors (Lipinski definition) is 1. The number of ether oxygens (including phenoxy) is 1. The summed E-state index contributed by atoms with van der Waals surface area (Å²) in [5, 5.41) is 10.9. The summed E-state index contributed by atoms with van der Waals surface area (Å²) in [6, 6.07) is 4.46. The fourth-order valence-electron chi connectivity index (χ4n) is 1.81. The number of aromatic nitrogens is 1. The first-order valence-corrected chi connectivity index (χ1v) is 6.77. The van der Waals surface area contributed by atoms with E-state index >= 15 is 0 Å². The third-order valence-electron chi connectivity index (χ3n) is 3.01. The average Bonchev–Trinajstić information content (AvgIpc) is 2.67. The fourth-order valence-corrected chi connectivity index (χ4v) is 2.78. The van der Waals surface area contributed by atoms with Crippen molar-refractivity contribution in [2.24, 2.45) is 0 Å². The molecule has 2 rings (SSSR count). The van der Waals surface area contributed by atoms with Gasteiger partial charge in [-0.25, -0.2) is 9.37 Å². The second-order valence-corrected chi connectivity index (χ2v) is 5.64. The quantitative estimate of drug-likeness (QED) is 0.936. The fraction of sp³-hybridized carbons (Fsp3) is 0.357. The van der Waals surface area contributed by atoms with Crippen molar-refractivity contribution in [3.8, 4) is 5.75 Å². The largest absolute Gasteiger partial charge is 0.497 e. The van der Waals surface area contributed by atoms with Gasteiger partial charge in [0, 0.05) is 22.9 Å². The monoisotopic (exact) mass is 281 g/mol. The van der Waals surface area contributed by atoms with Crippen LogP contribution in [-0.4, -0.2) is 17.2 Å². The Labute approximate surface area is 115 Å². The second kappa shape index (κ2) is 5.67. The van der Waals surface area contributed by atoms with Crippen molar-refractivity contribution < 1.29 is 14.2 Å². The predicted octanol–water partition coefficient (Wildman–Crippen LogP) is 3.18. The van der Waals surface area contributed by atoms with Gasteiger partial charge in [-0.15, -0.1) is 11.3 Å². The molecule has 3 nitrogen and oxygen atoms in total. The third-order valence-corrected chi connectivity index (χ3v) is 4.10. The highest BCUT2D eigenvalue weighted by Crippen LogP contribution is 2.26. The first kappa shape index (κ1) is 14.0. The van der Waals surface area contributed by atoms with E-state index in [1.807, 2.05) is 13.8 Å². The highest BCUT2D eigenvalue weighted by molar-refractivity contribution is 7.11. The summed E-state index contributed by atoms with van der Waals surface area (Å²) in [5.74, 6) is -0.0220. The molecule has 0 spiro atoms. The Kier molecular flexibility index (Phi) is 4.17. The molecule has 19 heavy (non-hydrogen) atoms. The van der Waals surface area contributed by atoms with Gasteiger partial charge >= 0.3 is 0 Å². The number of halogens is 1. The minimum atomic E-state index is -0.893. The molecule has 0 aliphatic rings. The van der Waals surface area contributed by atoms with Crippen LogP contribution in [0.4, 0.5) is 4.39 Å². The van der Waals surface area contributed by atoms with E-state index in [2.05, 4.69) is 4.98 Å². The van der Waals surface area contributed by atoms with Gasteiger partial charge in [-0.2, -0.15) is 0 Å². The number of thiazole rings is 1. The van der Waals surface area contributed by atoms with Crippen molar-refractivity contribution in [2.75, 3.05) is 7.11 Å². The van der Waals surface area contributed by atoms with E-state index in [0.717, 1.165) is 15.6 Å². The lowest BCUT2D eigenvalue weighted by atomic mass is 10.1. The summed E-state index contributed by atoms with van der Waals surface area (Å²) in [4.78, 5) is 5.47. The molecule has 1 atom stereocenters. The van der Waals surface area contributed by atoms with Crippen molar-refractivity contribution in [3.63, 3.8) is 0 Å². The molecule has 5 heteroatoms. The number of nitrogens with zero attached hydrogens (tertiary/aromatic N) is 1. The van der Waals surface area contributed by atoms with E-state index in [1.165, 1.54) is 24.5 Å². The van der Waals surface area contributed by atoms with Gasteiger partial charge in [-0.1, -0.05) is 0 Å². The number of hydrogen-bond acceptors (Lipinski definition) is 4. The Bertz CT molecular complexity index is 563. The summed E-state index contributed by atoms with van der Waals surface area (Å²) in [5.41, 5.74) is 1.23. The number of benzene rings is 1. The minimum Gasteiger partial charge on any atom is -0.497 e. The molecule has 0 aliphatic heterocycles. The molecule has 1 heterocycles. The molecule has 0 bridgehead atoms. The number of aliphatic hydroxyl groups excluding tert-OH is 1. The number of methoxy groups -OCH3 is 1. The molecule has 1 unspecified atom stereocenters. The zero-order valence-electron chi connectivity index (χ0n) is 11.1. The van der Waals surface area contributed by atoms with Crippen LogP contribution in [-0.2, 0) is 6.42 Å². The highest BCUT2D eigenvalue weighted by Gasteiger charge is 2.16. The lowest BCUT2D eigenvalue weighted by Crippen LogP contribution is -2.04. The van der Waals surface area contributed by atoms with Crippen LogP contribution in [0.15, 0.2) is 18.2 Å². The van der Waals surface area contributed by atoms with Crippen molar-refractivity contribution in [1.82, 2.24) is 4.98 Å². The molecule has 0 amide bonds. The molecule has 0 saturated carbocycles. The normalized spacial score (nSPS) is 12.5. The zero-order chi connectivity index (χ0) is 14.0. The summed E-state index contributed by atoms with van der Waals surface area (Å²) >= 11 is 1.53. The van der Waals surface area contributed by atoms with Crippen molar-refractivity contribution in [2.45, 2.75) is 26.4 Å². The van der Waals surface area contributed by atoms with Crippen LogP contribution >= 0.6 is 11.3 Å². The topological polar surface area (TPSA) is 42.4 Å². The Morgan fingerprint density at radius 2 is 2.16 bits per heavy atom. The van der Waals surface area contributed by atoms with Crippen molar-refractivity contribution in [1.29, 1.82) is 0 Å². The Balaban J connectivity index is 2.17. The van der Waals surface area contributed by atoms with Crippen LogP contribution in [0.5, 0.6) is 5.75 Å². The van der Waals surface area contributed by atoms with E-state index in [4.69, 9.17) is 4.74 Å². The van der Waals surface area contributed by atoms with E-state index < -0.39 is 11.9 Å². The Morgan fingerprint density at radius 1 is 1.42 bits per heavy atom. The summed E-state index contributed by atoms with van der Waals surface area (Å²) in [6.45, 7) is 3.91. The van der Waals surface area contributed by atoms with Gasteiger partial charge in [0.1, 0.15) is 11.6 Å². The molecule has 0 radical (unpaired) electrons. The maximum absolute atomic E-state index is 13.8. The lowest BCUT2D eigenvalue weighted by Gasteiger charge is -2.11. The maximum Gasteiger partial charge on any atom is 0.132 e. The molecule has 0 fully saturated rings. The summed E-state index contributed by atoms with van der Waals surface area (Å²) < 4.78 is 18.8. The van der Waals surface area contributed by atoms with Crippen LogP contribution in [0.2, 0.25) is 0 Å². The van der Waals surface area contributed by atoms with Gasteiger partial charge in [-0.05, 0) is 26.0 Å². The van der Waals surface area contributed by atoms with Crippen molar-refractivity contribution in [3.05, 3.63) is 45.2 Å². The first-order valence-electron chi connectivity index (χ1n) is 5.95. The van der Waals surface area contributed by atoms with Gasteiger partial charge in [0.15, 0.2) is 0 Å². The van der Waals surface area contributed by atoms with Gasteiger partial charge in [0.2, 0.25) is 0 Å². The smallest absolute Gasteiger partial charge is 0.132 e. The molecule has 1 aromatic carbocycles. The molecule has 0 saturated heterocycles. The van der Waals surface area contributed by atoms with Crippen LogP contribution in [0.1, 0.15) is 27.2 Å². The SMILES string of the molecule is COc1ccc(C(O)Cc2nc(C)c(C)s2)c(F)c1. The summed E-state index contributed by atoms with van der Waals surface area (Å²) in [6.07, 6.45) is -0.571. The van der Waals surface area contributed by atoms with E-state index in [0.29, 0.717) is 12.2 Å².